The molecule has 4 heteroatoms. The van der Waals surface area contributed by atoms with Crippen LogP contribution in [-0.4, -0.2) is 29.9 Å². The van der Waals surface area contributed by atoms with E-state index in [2.05, 4.69) is 13.8 Å². The van der Waals surface area contributed by atoms with Crippen LogP contribution in [0, 0.1) is 11.2 Å². The Kier molecular flexibility index (Phi) is 3.39. The number of amides is 1. The zero-order valence-electron chi connectivity index (χ0n) is 10.8. The van der Waals surface area contributed by atoms with Crippen LogP contribution in [0.25, 0.3) is 0 Å². The van der Waals surface area contributed by atoms with Crippen LogP contribution in [0.2, 0.25) is 0 Å². The van der Waals surface area contributed by atoms with Crippen molar-refractivity contribution in [2.75, 3.05) is 13.1 Å². The largest absolute Gasteiger partial charge is 0.337 e. The number of nitrogens with zero attached hydrogens (tertiary/aromatic N) is 1. The first-order valence-electron chi connectivity index (χ1n) is 6.21. The van der Waals surface area contributed by atoms with Crippen molar-refractivity contribution in [2.24, 2.45) is 11.1 Å². The van der Waals surface area contributed by atoms with E-state index >= 15 is 0 Å². The Morgan fingerprint density at radius 2 is 2.11 bits per heavy atom. The molecule has 1 unspecified atom stereocenters. The molecule has 0 bridgehead atoms. The number of rotatable bonds is 1. The maximum absolute atomic E-state index is 13.6. The number of halogens is 1. The highest BCUT2D eigenvalue weighted by Crippen LogP contribution is 2.29. The molecule has 1 aromatic carbocycles. The van der Waals surface area contributed by atoms with Crippen molar-refractivity contribution < 1.29 is 9.18 Å². The molecule has 2 N–H and O–H groups in total. The predicted molar refractivity (Wildman–Crippen MR) is 68.7 cm³/mol. The number of benzene rings is 1. The molecule has 1 aliphatic heterocycles. The molecular formula is C14H19FN2O. The van der Waals surface area contributed by atoms with Crippen molar-refractivity contribution >= 4 is 5.91 Å². The minimum Gasteiger partial charge on any atom is -0.337 e. The van der Waals surface area contributed by atoms with E-state index in [4.69, 9.17) is 5.73 Å². The molecule has 3 nitrogen and oxygen atoms in total. The Balaban J connectivity index is 2.15. The first-order chi connectivity index (χ1) is 8.42. The number of likely N-dealkylation sites (tertiary alicyclic amines) is 1. The summed E-state index contributed by atoms with van der Waals surface area (Å²) in [5, 5.41) is 0. The molecule has 1 atom stereocenters. The third kappa shape index (κ3) is 2.38. The van der Waals surface area contributed by atoms with Crippen LogP contribution >= 0.6 is 0 Å². The summed E-state index contributed by atoms with van der Waals surface area (Å²) in [4.78, 5) is 13.9. The molecule has 0 radical (unpaired) electrons. The molecule has 18 heavy (non-hydrogen) atoms. The second kappa shape index (κ2) is 4.69. The van der Waals surface area contributed by atoms with Gasteiger partial charge in [0.2, 0.25) is 0 Å². The summed E-state index contributed by atoms with van der Waals surface area (Å²) in [6.45, 7) is 5.32. The highest BCUT2D eigenvalue weighted by molar-refractivity contribution is 5.94. The van der Waals surface area contributed by atoms with E-state index in [9.17, 15) is 9.18 Å². The van der Waals surface area contributed by atoms with Gasteiger partial charge in [0.1, 0.15) is 5.82 Å². The fourth-order valence-electron chi connectivity index (χ4n) is 2.17. The van der Waals surface area contributed by atoms with Crippen molar-refractivity contribution in [1.82, 2.24) is 4.90 Å². The standard InChI is InChI=1S/C14H19FN2O/c1-14(2)7-8-17(9-12(14)16)13(18)10-5-3-4-6-11(10)15/h3-6,12H,7-9,16H2,1-2H3. The van der Waals surface area contributed by atoms with Crippen LogP contribution in [0.4, 0.5) is 4.39 Å². The van der Waals surface area contributed by atoms with E-state index < -0.39 is 5.82 Å². The van der Waals surface area contributed by atoms with Crippen LogP contribution in [0.5, 0.6) is 0 Å². The molecule has 0 saturated carbocycles. The quantitative estimate of drug-likeness (QED) is 0.829. The van der Waals surface area contributed by atoms with Crippen molar-refractivity contribution in [2.45, 2.75) is 26.3 Å². The maximum Gasteiger partial charge on any atom is 0.256 e. The SMILES string of the molecule is CC1(C)CCN(C(=O)c2ccccc2F)CC1N. The summed E-state index contributed by atoms with van der Waals surface area (Å²) in [6, 6.07) is 6.01. The Morgan fingerprint density at radius 3 is 2.72 bits per heavy atom. The van der Waals surface area contributed by atoms with Gasteiger partial charge in [0.05, 0.1) is 5.56 Å². The topological polar surface area (TPSA) is 46.3 Å². The summed E-state index contributed by atoms with van der Waals surface area (Å²) in [5.41, 5.74) is 6.23. The van der Waals surface area contributed by atoms with E-state index in [1.54, 1.807) is 17.0 Å². The molecule has 2 rings (SSSR count). The van der Waals surface area contributed by atoms with Gasteiger partial charge in [0, 0.05) is 19.1 Å². The maximum atomic E-state index is 13.6. The molecule has 1 fully saturated rings. The van der Waals surface area contributed by atoms with Gasteiger partial charge in [-0.3, -0.25) is 4.79 Å². The third-order valence-electron chi connectivity index (χ3n) is 3.84. The minimum atomic E-state index is -0.471. The zero-order valence-corrected chi connectivity index (χ0v) is 10.8. The van der Waals surface area contributed by atoms with Crippen molar-refractivity contribution in [3.8, 4) is 0 Å². The van der Waals surface area contributed by atoms with Gasteiger partial charge in [0.25, 0.3) is 5.91 Å². The monoisotopic (exact) mass is 250 g/mol. The molecule has 1 saturated heterocycles. The van der Waals surface area contributed by atoms with Gasteiger partial charge in [-0.1, -0.05) is 26.0 Å². The van der Waals surface area contributed by atoms with Crippen LogP contribution in [0.15, 0.2) is 24.3 Å². The number of carbonyl (C=O) groups excluding carboxylic acids is 1. The lowest BCUT2D eigenvalue weighted by atomic mass is 9.78. The molecule has 1 heterocycles. The molecule has 98 valence electrons. The second-order valence-corrected chi connectivity index (χ2v) is 5.58. The number of nitrogens with two attached hydrogens (primary N) is 1. The lowest BCUT2D eigenvalue weighted by molar-refractivity contribution is 0.0571. The average molecular weight is 250 g/mol. The van der Waals surface area contributed by atoms with Gasteiger partial charge >= 0.3 is 0 Å². The minimum absolute atomic E-state index is 0.0337. The van der Waals surface area contributed by atoms with Gasteiger partial charge in [-0.05, 0) is 24.0 Å². The normalized spacial score (nSPS) is 22.9. The van der Waals surface area contributed by atoms with Crippen LogP contribution in [-0.2, 0) is 0 Å². The van der Waals surface area contributed by atoms with E-state index in [1.165, 1.54) is 12.1 Å². The fourth-order valence-corrected chi connectivity index (χ4v) is 2.17. The van der Waals surface area contributed by atoms with Gasteiger partial charge in [-0.25, -0.2) is 4.39 Å². The van der Waals surface area contributed by atoms with Crippen molar-refractivity contribution in [3.05, 3.63) is 35.6 Å². The highest BCUT2D eigenvalue weighted by Gasteiger charge is 2.35. The van der Waals surface area contributed by atoms with Gasteiger partial charge < -0.3 is 10.6 Å². The zero-order chi connectivity index (χ0) is 13.3. The molecular weight excluding hydrogens is 231 g/mol. The van der Waals surface area contributed by atoms with Crippen LogP contribution < -0.4 is 5.73 Å². The summed E-state index contributed by atoms with van der Waals surface area (Å²) in [6.07, 6.45) is 0.842. The van der Waals surface area contributed by atoms with E-state index in [-0.39, 0.29) is 22.9 Å². The van der Waals surface area contributed by atoms with Gasteiger partial charge in [-0.15, -0.1) is 0 Å². The number of hydrogen-bond acceptors (Lipinski definition) is 2. The fraction of sp³-hybridized carbons (Fsp3) is 0.500. The van der Waals surface area contributed by atoms with Crippen LogP contribution in [0.1, 0.15) is 30.6 Å². The predicted octanol–water partition coefficient (Wildman–Crippen LogP) is 2.03. The van der Waals surface area contributed by atoms with E-state index in [0.29, 0.717) is 13.1 Å². The Morgan fingerprint density at radius 1 is 1.44 bits per heavy atom. The summed E-state index contributed by atoms with van der Waals surface area (Å²) in [5.74, 6) is -0.736. The van der Waals surface area contributed by atoms with Gasteiger partial charge in [-0.2, -0.15) is 0 Å². The summed E-state index contributed by atoms with van der Waals surface area (Å²) < 4.78 is 13.6. The highest BCUT2D eigenvalue weighted by atomic mass is 19.1. The summed E-state index contributed by atoms with van der Waals surface area (Å²) >= 11 is 0. The van der Waals surface area contributed by atoms with E-state index in [1.807, 2.05) is 0 Å². The van der Waals surface area contributed by atoms with Crippen LogP contribution in [0.3, 0.4) is 0 Å². The van der Waals surface area contributed by atoms with Gasteiger partial charge in [0.15, 0.2) is 0 Å². The lowest BCUT2D eigenvalue weighted by Crippen LogP contribution is -2.54. The molecule has 1 aliphatic rings. The number of hydrogen-bond donors (Lipinski definition) is 1. The second-order valence-electron chi connectivity index (χ2n) is 5.58. The Bertz CT molecular complexity index is 459. The lowest BCUT2D eigenvalue weighted by Gasteiger charge is -2.42. The number of carbonyl (C=O) groups is 1. The first-order valence-corrected chi connectivity index (χ1v) is 6.21. The summed E-state index contributed by atoms with van der Waals surface area (Å²) in [7, 11) is 0. The van der Waals surface area contributed by atoms with Crippen molar-refractivity contribution in [3.63, 3.8) is 0 Å². The molecule has 1 aromatic rings. The van der Waals surface area contributed by atoms with E-state index in [0.717, 1.165) is 6.42 Å². The third-order valence-corrected chi connectivity index (χ3v) is 3.84. The average Bonchev–Trinajstić information content (AvgIpc) is 2.32. The number of piperidine rings is 1. The first kappa shape index (κ1) is 13.0. The molecule has 0 aliphatic carbocycles. The molecule has 1 amide bonds. The van der Waals surface area contributed by atoms with Crippen molar-refractivity contribution in [1.29, 1.82) is 0 Å². The molecule has 0 aromatic heterocycles. The Hall–Kier alpha value is -1.42. The smallest absolute Gasteiger partial charge is 0.256 e. The Labute approximate surface area is 107 Å². The molecule has 0 spiro atoms.